The quantitative estimate of drug-likeness (QED) is 0.662. The molecule has 0 spiro atoms. The second kappa shape index (κ2) is 3.80. The van der Waals surface area contributed by atoms with Crippen LogP contribution in [0, 0.1) is 0 Å². The molecule has 1 rings (SSSR count). The summed E-state index contributed by atoms with van der Waals surface area (Å²) in [6.45, 7) is 0. The molecule has 0 saturated carbocycles. The largest absolute Gasteiger partial charge is 0.545 e. The van der Waals surface area contributed by atoms with Crippen molar-refractivity contribution in [2.45, 2.75) is 0 Å². The van der Waals surface area contributed by atoms with Gasteiger partial charge in [0.1, 0.15) is 11.5 Å². The summed E-state index contributed by atoms with van der Waals surface area (Å²) < 4.78 is 9.75. The molecule has 0 amide bonds. The molecule has 0 saturated heterocycles. The zero-order valence-electron chi connectivity index (χ0n) is 7.37. The minimum atomic E-state index is -1.26. The highest BCUT2D eigenvalue weighted by Gasteiger charge is 2.04. The Morgan fingerprint density at radius 1 is 1.31 bits per heavy atom. The smallest absolute Gasteiger partial charge is 0.131 e. The Morgan fingerprint density at radius 2 is 2.00 bits per heavy atom. The average molecular weight is 181 g/mol. The number of aromatic carboxylic acids is 1. The maximum Gasteiger partial charge on any atom is 0.131 e. The highest BCUT2D eigenvalue weighted by atomic mass is 16.5. The number of rotatable bonds is 3. The van der Waals surface area contributed by atoms with Gasteiger partial charge in [0.15, 0.2) is 0 Å². The highest BCUT2D eigenvalue weighted by molar-refractivity contribution is 5.89. The summed E-state index contributed by atoms with van der Waals surface area (Å²) in [7, 11) is 2.88. The molecule has 0 N–H and O–H groups in total. The zero-order valence-corrected chi connectivity index (χ0v) is 7.37. The first-order valence-electron chi connectivity index (χ1n) is 3.62. The molecule has 0 aromatic heterocycles. The third-order valence-corrected chi connectivity index (χ3v) is 1.63. The van der Waals surface area contributed by atoms with Crippen LogP contribution in [-0.4, -0.2) is 20.2 Å². The lowest BCUT2D eigenvalue weighted by molar-refractivity contribution is -0.255. The molecule has 0 aliphatic rings. The van der Waals surface area contributed by atoms with Crippen molar-refractivity contribution >= 4 is 5.97 Å². The number of methoxy groups -OCH3 is 2. The Labute approximate surface area is 75.7 Å². The van der Waals surface area contributed by atoms with E-state index in [0.29, 0.717) is 5.75 Å². The Kier molecular flexibility index (Phi) is 2.74. The molecule has 0 aliphatic carbocycles. The van der Waals surface area contributed by atoms with Crippen molar-refractivity contribution in [3.63, 3.8) is 0 Å². The van der Waals surface area contributed by atoms with Crippen molar-refractivity contribution in [3.8, 4) is 11.5 Å². The van der Waals surface area contributed by atoms with Crippen LogP contribution in [0.4, 0.5) is 0 Å². The van der Waals surface area contributed by atoms with Gasteiger partial charge in [0.2, 0.25) is 0 Å². The predicted molar refractivity (Wildman–Crippen MR) is 43.9 cm³/mol. The molecule has 0 bridgehead atoms. The van der Waals surface area contributed by atoms with Gasteiger partial charge in [0.25, 0.3) is 0 Å². The van der Waals surface area contributed by atoms with Crippen molar-refractivity contribution in [2.75, 3.05) is 14.2 Å². The summed E-state index contributed by atoms with van der Waals surface area (Å²) in [6.07, 6.45) is 0. The Hall–Kier alpha value is -1.71. The van der Waals surface area contributed by atoms with E-state index in [-0.39, 0.29) is 11.3 Å². The SMILES string of the molecule is COc1ccc(C(=O)[O-])c(OC)c1. The summed E-state index contributed by atoms with van der Waals surface area (Å²) in [5.41, 5.74) is 0.0169. The third kappa shape index (κ3) is 1.90. The normalized spacial score (nSPS) is 9.38. The molecule has 0 fully saturated rings. The maximum absolute atomic E-state index is 10.5. The van der Waals surface area contributed by atoms with Gasteiger partial charge in [-0.2, -0.15) is 0 Å². The first-order valence-corrected chi connectivity index (χ1v) is 3.62. The summed E-state index contributed by atoms with van der Waals surface area (Å²) >= 11 is 0. The van der Waals surface area contributed by atoms with Crippen molar-refractivity contribution in [1.82, 2.24) is 0 Å². The monoisotopic (exact) mass is 181 g/mol. The molecule has 70 valence electrons. The number of carboxylic acids is 1. The van der Waals surface area contributed by atoms with E-state index in [1.54, 1.807) is 0 Å². The first-order chi connectivity index (χ1) is 6.19. The number of hydrogen-bond donors (Lipinski definition) is 0. The number of carbonyl (C=O) groups excluding carboxylic acids is 1. The molecule has 0 heterocycles. The van der Waals surface area contributed by atoms with E-state index in [2.05, 4.69) is 0 Å². The summed E-state index contributed by atoms with van der Waals surface area (Å²) in [4.78, 5) is 10.5. The lowest BCUT2D eigenvalue weighted by atomic mass is 10.2. The zero-order chi connectivity index (χ0) is 9.84. The fraction of sp³-hybridized carbons (Fsp3) is 0.222. The van der Waals surface area contributed by atoms with Crippen LogP contribution in [-0.2, 0) is 0 Å². The van der Waals surface area contributed by atoms with Crippen LogP contribution >= 0.6 is 0 Å². The lowest BCUT2D eigenvalue weighted by Gasteiger charge is -2.10. The molecule has 0 atom stereocenters. The van der Waals surface area contributed by atoms with Crippen LogP contribution in [0.15, 0.2) is 18.2 Å². The fourth-order valence-corrected chi connectivity index (χ4v) is 0.967. The molecule has 0 aliphatic heterocycles. The van der Waals surface area contributed by atoms with E-state index in [0.717, 1.165) is 0 Å². The van der Waals surface area contributed by atoms with Gasteiger partial charge >= 0.3 is 0 Å². The molecule has 1 aromatic rings. The van der Waals surface area contributed by atoms with Crippen molar-refractivity contribution in [3.05, 3.63) is 23.8 Å². The molecule has 13 heavy (non-hydrogen) atoms. The lowest BCUT2D eigenvalue weighted by Crippen LogP contribution is -2.22. The van der Waals surface area contributed by atoms with Gasteiger partial charge in [-0.25, -0.2) is 0 Å². The Morgan fingerprint density at radius 3 is 2.46 bits per heavy atom. The predicted octanol–water partition coefficient (Wildman–Crippen LogP) is 0.0673. The van der Waals surface area contributed by atoms with Crippen LogP contribution in [0.3, 0.4) is 0 Å². The van der Waals surface area contributed by atoms with Gasteiger partial charge in [-0.15, -0.1) is 0 Å². The van der Waals surface area contributed by atoms with Crippen molar-refractivity contribution in [2.24, 2.45) is 0 Å². The number of hydrogen-bond acceptors (Lipinski definition) is 4. The average Bonchev–Trinajstić information content (AvgIpc) is 2.16. The summed E-state index contributed by atoms with van der Waals surface area (Å²) in [6, 6.07) is 4.41. The van der Waals surface area contributed by atoms with Crippen molar-refractivity contribution in [1.29, 1.82) is 0 Å². The minimum absolute atomic E-state index is 0.0169. The Bertz CT molecular complexity index is 319. The van der Waals surface area contributed by atoms with Gasteiger partial charge in [0, 0.05) is 11.6 Å². The van der Waals surface area contributed by atoms with Crippen LogP contribution in [0.1, 0.15) is 10.4 Å². The Balaban J connectivity index is 3.15. The van der Waals surface area contributed by atoms with Crippen molar-refractivity contribution < 1.29 is 19.4 Å². The molecule has 0 radical (unpaired) electrons. The maximum atomic E-state index is 10.5. The second-order valence-electron chi connectivity index (χ2n) is 2.35. The second-order valence-corrected chi connectivity index (χ2v) is 2.35. The van der Waals surface area contributed by atoms with Gasteiger partial charge in [0.05, 0.1) is 20.2 Å². The number of benzene rings is 1. The fourth-order valence-electron chi connectivity index (χ4n) is 0.967. The molecule has 4 heteroatoms. The first kappa shape index (κ1) is 9.38. The van der Waals surface area contributed by atoms with Gasteiger partial charge in [-0.3, -0.25) is 0 Å². The van der Waals surface area contributed by atoms with E-state index < -0.39 is 5.97 Å². The number of ether oxygens (including phenoxy) is 2. The van der Waals surface area contributed by atoms with Crippen LogP contribution < -0.4 is 14.6 Å². The van der Waals surface area contributed by atoms with Gasteiger partial charge in [-0.1, -0.05) is 0 Å². The van der Waals surface area contributed by atoms with E-state index in [9.17, 15) is 9.90 Å². The van der Waals surface area contributed by atoms with Gasteiger partial charge in [-0.05, 0) is 12.1 Å². The summed E-state index contributed by atoms with van der Waals surface area (Å²) in [5, 5.41) is 10.5. The summed E-state index contributed by atoms with van der Waals surface area (Å²) in [5.74, 6) is -0.485. The van der Waals surface area contributed by atoms with E-state index in [1.807, 2.05) is 0 Å². The van der Waals surface area contributed by atoms with Gasteiger partial charge < -0.3 is 19.4 Å². The highest BCUT2D eigenvalue weighted by Crippen LogP contribution is 2.23. The number of carboxylic acid groups (broad SMARTS) is 1. The third-order valence-electron chi connectivity index (χ3n) is 1.63. The van der Waals surface area contributed by atoms with E-state index in [4.69, 9.17) is 9.47 Å². The van der Waals surface area contributed by atoms with Crippen LogP contribution in [0.5, 0.6) is 11.5 Å². The molecule has 1 aromatic carbocycles. The van der Waals surface area contributed by atoms with E-state index >= 15 is 0 Å². The topological polar surface area (TPSA) is 58.6 Å². The number of carbonyl (C=O) groups is 1. The molecule has 4 nitrogen and oxygen atoms in total. The standard InChI is InChI=1S/C9H10O4/c1-12-6-3-4-7(9(10)11)8(5-6)13-2/h3-5H,1-2H3,(H,10,11)/p-1. The van der Waals surface area contributed by atoms with Crippen LogP contribution in [0.2, 0.25) is 0 Å². The molecular weight excluding hydrogens is 172 g/mol. The molecule has 0 unspecified atom stereocenters. The van der Waals surface area contributed by atoms with Crippen LogP contribution in [0.25, 0.3) is 0 Å². The molecular formula is C9H9O4-. The van der Waals surface area contributed by atoms with E-state index in [1.165, 1.54) is 32.4 Å². The minimum Gasteiger partial charge on any atom is -0.545 e.